The molecule has 5 nitrogen and oxygen atoms in total. The van der Waals surface area contributed by atoms with Crippen LogP contribution in [-0.4, -0.2) is 20.3 Å². The smallest absolute Gasteiger partial charge is 0.305 e. The number of hydrogen-bond acceptors (Lipinski definition) is 3. The predicted octanol–water partition coefficient (Wildman–Crippen LogP) is 3.96. The molecule has 0 spiro atoms. The van der Waals surface area contributed by atoms with Gasteiger partial charge in [-0.1, -0.05) is 11.6 Å². The number of rotatable bonds is 2. The zero-order chi connectivity index (χ0) is 17.5. The van der Waals surface area contributed by atoms with Crippen molar-refractivity contribution in [3.8, 4) is 0 Å². The second-order valence-electron chi connectivity index (χ2n) is 5.01. The van der Waals surface area contributed by atoms with E-state index in [4.69, 9.17) is 11.6 Å². The van der Waals surface area contributed by atoms with Gasteiger partial charge in [0.15, 0.2) is 0 Å². The largest absolute Gasteiger partial charge is 0.417 e. The van der Waals surface area contributed by atoms with Crippen LogP contribution in [0.4, 0.5) is 19.0 Å². The van der Waals surface area contributed by atoms with Gasteiger partial charge in [-0.05, 0) is 31.2 Å². The van der Waals surface area contributed by atoms with Crippen LogP contribution in [0.1, 0.15) is 21.7 Å². The minimum absolute atomic E-state index is 0.00405. The first-order valence-electron chi connectivity index (χ1n) is 6.74. The highest BCUT2D eigenvalue weighted by Crippen LogP contribution is 2.29. The van der Waals surface area contributed by atoms with Gasteiger partial charge in [0.25, 0.3) is 5.91 Å². The number of carbonyl (C=O) groups excluding carboxylic acids is 1. The number of hydrogen-bond donors (Lipinski definition) is 1. The summed E-state index contributed by atoms with van der Waals surface area (Å²) in [5, 5.41) is 2.87. The lowest BCUT2D eigenvalue weighted by Gasteiger charge is -2.08. The molecule has 0 aliphatic carbocycles. The van der Waals surface area contributed by atoms with Crippen molar-refractivity contribution >= 4 is 29.0 Å². The topological polar surface area (TPSA) is 59.3 Å². The molecule has 0 unspecified atom stereocenters. The summed E-state index contributed by atoms with van der Waals surface area (Å²) in [4.78, 5) is 20.3. The molecule has 3 heterocycles. The standard InChI is InChI=1S/C15H10ClF3N4O/c1-8-13(23-7-10(16)3-5-12(23)21-8)14(24)22-11-4-2-9(6-20-11)15(17,18)19/h2-7H,1H3,(H,20,22,24). The quantitative estimate of drug-likeness (QED) is 0.757. The normalized spacial score (nSPS) is 11.7. The molecule has 3 aromatic rings. The van der Waals surface area contributed by atoms with Crippen molar-refractivity contribution in [1.29, 1.82) is 0 Å². The SMILES string of the molecule is Cc1nc2ccc(Cl)cn2c1C(=O)Nc1ccc(C(F)(F)F)cn1. The number of halogens is 4. The molecule has 0 fully saturated rings. The molecule has 3 aromatic heterocycles. The Morgan fingerprint density at radius 2 is 2.00 bits per heavy atom. The molecule has 0 aliphatic heterocycles. The van der Waals surface area contributed by atoms with E-state index >= 15 is 0 Å². The predicted molar refractivity (Wildman–Crippen MR) is 82.1 cm³/mol. The van der Waals surface area contributed by atoms with Crippen LogP contribution < -0.4 is 5.32 Å². The van der Waals surface area contributed by atoms with E-state index < -0.39 is 17.6 Å². The Kier molecular flexibility index (Phi) is 3.92. The fraction of sp³-hybridized carbons (Fsp3) is 0.133. The van der Waals surface area contributed by atoms with Crippen molar-refractivity contribution in [1.82, 2.24) is 14.4 Å². The number of fused-ring (bicyclic) bond motifs is 1. The van der Waals surface area contributed by atoms with Crippen molar-refractivity contribution in [2.45, 2.75) is 13.1 Å². The summed E-state index contributed by atoms with van der Waals surface area (Å²) in [7, 11) is 0. The summed E-state index contributed by atoms with van der Waals surface area (Å²) in [6, 6.07) is 5.23. The van der Waals surface area contributed by atoms with Crippen LogP contribution in [0.3, 0.4) is 0 Å². The average Bonchev–Trinajstić information content (AvgIpc) is 2.82. The number of aromatic nitrogens is 3. The summed E-state index contributed by atoms with van der Waals surface area (Å²) in [6.45, 7) is 1.65. The number of aryl methyl sites for hydroxylation is 1. The van der Waals surface area contributed by atoms with Crippen LogP contribution in [-0.2, 0) is 6.18 Å². The molecule has 1 amide bonds. The maximum absolute atomic E-state index is 12.5. The number of pyridine rings is 2. The first kappa shape index (κ1) is 16.3. The number of carbonyl (C=O) groups is 1. The Morgan fingerprint density at radius 3 is 2.62 bits per heavy atom. The first-order chi connectivity index (χ1) is 11.3. The van der Waals surface area contributed by atoms with Crippen LogP contribution >= 0.6 is 11.6 Å². The lowest BCUT2D eigenvalue weighted by atomic mass is 10.2. The van der Waals surface area contributed by atoms with Gasteiger partial charge >= 0.3 is 6.18 Å². The molecule has 9 heteroatoms. The van der Waals surface area contributed by atoms with Gasteiger partial charge in [-0.2, -0.15) is 13.2 Å². The summed E-state index contributed by atoms with van der Waals surface area (Å²) < 4.78 is 39.1. The molecule has 0 saturated heterocycles. The Morgan fingerprint density at radius 1 is 1.25 bits per heavy atom. The van der Waals surface area contributed by atoms with E-state index in [0.29, 0.717) is 22.6 Å². The van der Waals surface area contributed by atoms with Crippen LogP contribution in [0.5, 0.6) is 0 Å². The fourth-order valence-electron chi connectivity index (χ4n) is 2.22. The third kappa shape index (κ3) is 3.05. The number of nitrogens with one attached hydrogen (secondary N) is 1. The molecule has 0 saturated carbocycles. The lowest BCUT2D eigenvalue weighted by Crippen LogP contribution is -2.17. The van der Waals surface area contributed by atoms with Crippen molar-refractivity contribution in [2.24, 2.45) is 0 Å². The second-order valence-corrected chi connectivity index (χ2v) is 5.44. The van der Waals surface area contributed by atoms with Gasteiger partial charge < -0.3 is 5.32 Å². The van der Waals surface area contributed by atoms with E-state index in [-0.39, 0.29) is 11.5 Å². The average molecular weight is 355 g/mol. The Bertz CT molecular complexity index is 919. The molecule has 0 bridgehead atoms. The highest BCUT2D eigenvalue weighted by Gasteiger charge is 2.30. The van der Waals surface area contributed by atoms with Gasteiger partial charge in [-0.25, -0.2) is 9.97 Å². The minimum atomic E-state index is -4.48. The zero-order valence-electron chi connectivity index (χ0n) is 12.2. The Labute approximate surface area is 139 Å². The lowest BCUT2D eigenvalue weighted by molar-refractivity contribution is -0.137. The summed E-state index contributed by atoms with van der Waals surface area (Å²) in [5.41, 5.74) is 0.330. The summed E-state index contributed by atoms with van der Waals surface area (Å²) >= 11 is 5.93. The highest BCUT2D eigenvalue weighted by molar-refractivity contribution is 6.30. The van der Waals surface area contributed by atoms with Gasteiger partial charge in [0.2, 0.25) is 0 Å². The maximum atomic E-state index is 12.5. The van der Waals surface area contributed by atoms with Gasteiger partial charge in [-0.15, -0.1) is 0 Å². The van der Waals surface area contributed by atoms with E-state index in [0.717, 1.165) is 12.1 Å². The summed E-state index contributed by atoms with van der Waals surface area (Å²) in [6.07, 6.45) is -2.29. The Balaban J connectivity index is 1.90. The zero-order valence-corrected chi connectivity index (χ0v) is 13.0. The number of amides is 1. The molecular formula is C15H10ClF3N4O. The third-order valence-corrected chi connectivity index (χ3v) is 3.53. The molecule has 124 valence electrons. The highest BCUT2D eigenvalue weighted by atomic mass is 35.5. The van der Waals surface area contributed by atoms with Crippen LogP contribution in [0.15, 0.2) is 36.7 Å². The molecule has 1 N–H and O–H groups in total. The van der Waals surface area contributed by atoms with E-state index in [2.05, 4.69) is 15.3 Å². The van der Waals surface area contributed by atoms with Crippen molar-refractivity contribution in [3.05, 3.63) is 58.6 Å². The van der Waals surface area contributed by atoms with Gasteiger partial charge in [0, 0.05) is 12.4 Å². The minimum Gasteiger partial charge on any atom is -0.305 e. The number of anilines is 1. The van der Waals surface area contributed by atoms with E-state index in [1.54, 1.807) is 19.1 Å². The monoisotopic (exact) mass is 354 g/mol. The van der Waals surface area contributed by atoms with Crippen LogP contribution in [0, 0.1) is 6.92 Å². The van der Waals surface area contributed by atoms with E-state index in [1.165, 1.54) is 10.6 Å². The number of alkyl halides is 3. The molecule has 0 aromatic carbocycles. The fourth-order valence-corrected chi connectivity index (χ4v) is 2.38. The first-order valence-corrected chi connectivity index (χ1v) is 7.12. The van der Waals surface area contributed by atoms with Crippen molar-refractivity contribution < 1.29 is 18.0 Å². The molecule has 0 aliphatic rings. The number of imidazole rings is 1. The second kappa shape index (κ2) is 5.79. The summed E-state index contributed by atoms with van der Waals surface area (Å²) in [5.74, 6) is -0.543. The van der Waals surface area contributed by atoms with Gasteiger partial charge in [0.05, 0.1) is 16.3 Å². The molecule has 3 rings (SSSR count). The van der Waals surface area contributed by atoms with Crippen molar-refractivity contribution in [2.75, 3.05) is 5.32 Å². The number of nitrogens with zero attached hydrogens (tertiary/aromatic N) is 3. The van der Waals surface area contributed by atoms with Crippen molar-refractivity contribution in [3.63, 3.8) is 0 Å². The van der Waals surface area contributed by atoms with Crippen LogP contribution in [0.2, 0.25) is 5.02 Å². The van der Waals surface area contributed by atoms with Gasteiger partial charge in [0.1, 0.15) is 17.2 Å². The Hall–Kier alpha value is -2.61. The molecule has 24 heavy (non-hydrogen) atoms. The maximum Gasteiger partial charge on any atom is 0.417 e. The molecule has 0 atom stereocenters. The van der Waals surface area contributed by atoms with Crippen LogP contribution in [0.25, 0.3) is 5.65 Å². The van der Waals surface area contributed by atoms with Gasteiger partial charge in [-0.3, -0.25) is 9.20 Å². The molecular weight excluding hydrogens is 345 g/mol. The van der Waals surface area contributed by atoms with E-state index in [1.807, 2.05) is 0 Å². The third-order valence-electron chi connectivity index (χ3n) is 3.30. The van der Waals surface area contributed by atoms with E-state index in [9.17, 15) is 18.0 Å². The molecule has 0 radical (unpaired) electrons.